The molecule has 1 aliphatic heterocycles. The number of hydrogen-bond acceptors (Lipinski definition) is 1. The second-order valence-corrected chi connectivity index (χ2v) is 6.73. The summed E-state index contributed by atoms with van der Waals surface area (Å²) in [5, 5.41) is 0. The van der Waals surface area contributed by atoms with E-state index in [-0.39, 0.29) is 11.7 Å². The van der Waals surface area contributed by atoms with Crippen LogP contribution in [0.15, 0.2) is 22.7 Å². The van der Waals surface area contributed by atoms with Gasteiger partial charge in [-0.25, -0.2) is 4.39 Å². The molecule has 3 rings (SSSR count). The SMILES string of the molecule is O=C(c1cc(F)ccc1Br)N1CCC[C@H]2CCCC[C@H]21. The number of halogens is 2. The third-order valence-electron chi connectivity index (χ3n) is 4.66. The van der Waals surface area contributed by atoms with Gasteiger partial charge in [0.2, 0.25) is 0 Å². The minimum atomic E-state index is -0.353. The Bertz CT molecular complexity index is 517. The van der Waals surface area contributed by atoms with Gasteiger partial charge in [0.15, 0.2) is 0 Å². The molecule has 0 spiro atoms. The molecular weight excluding hydrogens is 321 g/mol. The summed E-state index contributed by atoms with van der Waals surface area (Å²) in [5.74, 6) is 0.274. The van der Waals surface area contributed by atoms with Crippen molar-refractivity contribution in [2.75, 3.05) is 6.54 Å². The fourth-order valence-electron chi connectivity index (χ4n) is 3.69. The Balaban J connectivity index is 1.87. The lowest BCUT2D eigenvalue weighted by Gasteiger charge is -2.44. The maximum atomic E-state index is 13.4. The second kappa shape index (κ2) is 5.84. The first-order chi connectivity index (χ1) is 9.66. The molecule has 2 atom stereocenters. The van der Waals surface area contributed by atoms with Gasteiger partial charge in [-0.05, 0) is 65.7 Å². The van der Waals surface area contributed by atoms with Gasteiger partial charge in [0, 0.05) is 17.1 Å². The molecule has 2 fully saturated rings. The highest BCUT2D eigenvalue weighted by Gasteiger charge is 2.36. The lowest BCUT2D eigenvalue weighted by atomic mass is 9.78. The van der Waals surface area contributed by atoms with Crippen molar-refractivity contribution in [1.82, 2.24) is 4.90 Å². The highest BCUT2D eigenvalue weighted by atomic mass is 79.9. The van der Waals surface area contributed by atoms with Crippen LogP contribution < -0.4 is 0 Å². The number of carbonyl (C=O) groups is 1. The van der Waals surface area contributed by atoms with E-state index in [0.29, 0.717) is 22.0 Å². The Morgan fingerprint density at radius 3 is 2.80 bits per heavy atom. The van der Waals surface area contributed by atoms with E-state index in [1.165, 1.54) is 37.8 Å². The zero-order valence-corrected chi connectivity index (χ0v) is 13.0. The van der Waals surface area contributed by atoms with Gasteiger partial charge in [-0.2, -0.15) is 0 Å². The molecule has 1 amide bonds. The van der Waals surface area contributed by atoms with Crippen LogP contribution in [0.5, 0.6) is 0 Å². The number of hydrogen-bond donors (Lipinski definition) is 0. The zero-order chi connectivity index (χ0) is 14.1. The lowest BCUT2D eigenvalue weighted by molar-refractivity contribution is 0.0389. The predicted molar refractivity (Wildman–Crippen MR) is 80.1 cm³/mol. The normalized spacial score (nSPS) is 26.2. The number of nitrogens with zero attached hydrogens (tertiary/aromatic N) is 1. The molecule has 108 valence electrons. The van der Waals surface area contributed by atoms with Crippen LogP contribution in [0, 0.1) is 11.7 Å². The highest BCUT2D eigenvalue weighted by molar-refractivity contribution is 9.10. The molecule has 1 heterocycles. The van der Waals surface area contributed by atoms with Gasteiger partial charge in [-0.3, -0.25) is 4.79 Å². The van der Waals surface area contributed by atoms with E-state index in [2.05, 4.69) is 15.9 Å². The molecule has 0 aromatic heterocycles. The number of benzene rings is 1. The van der Waals surface area contributed by atoms with Crippen molar-refractivity contribution >= 4 is 21.8 Å². The smallest absolute Gasteiger partial charge is 0.255 e. The molecule has 0 bridgehead atoms. The summed E-state index contributed by atoms with van der Waals surface area (Å²) in [6.07, 6.45) is 7.13. The summed E-state index contributed by atoms with van der Waals surface area (Å²) < 4.78 is 14.1. The maximum Gasteiger partial charge on any atom is 0.255 e. The molecule has 4 heteroatoms. The maximum absolute atomic E-state index is 13.4. The third kappa shape index (κ3) is 2.62. The van der Waals surface area contributed by atoms with Crippen LogP contribution in [0.1, 0.15) is 48.9 Å². The monoisotopic (exact) mass is 339 g/mol. The molecule has 1 aliphatic carbocycles. The zero-order valence-electron chi connectivity index (χ0n) is 11.4. The quantitative estimate of drug-likeness (QED) is 0.743. The van der Waals surface area contributed by atoms with Crippen LogP contribution in [0.4, 0.5) is 4.39 Å². The van der Waals surface area contributed by atoms with Crippen molar-refractivity contribution in [2.24, 2.45) is 5.92 Å². The molecule has 2 aliphatic rings. The van der Waals surface area contributed by atoms with Crippen molar-refractivity contribution in [3.8, 4) is 0 Å². The summed E-state index contributed by atoms with van der Waals surface area (Å²) in [7, 11) is 0. The first kappa shape index (κ1) is 14.1. The van der Waals surface area contributed by atoms with E-state index in [9.17, 15) is 9.18 Å². The van der Waals surface area contributed by atoms with E-state index in [0.717, 1.165) is 19.4 Å². The van der Waals surface area contributed by atoms with Crippen molar-refractivity contribution in [2.45, 2.75) is 44.6 Å². The Morgan fingerprint density at radius 2 is 1.95 bits per heavy atom. The number of fused-ring (bicyclic) bond motifs is 1. The number of carbonyl (C=O) groups excluding carboxylic acids is 1. The van der Waals surface area contributed by atoms with Crippen LogP contribution in [-0.2, 0) is 0 Å². The van der Waals surface area contributed by atoms with Gasteiger partial charge < -0.3 is 4.90 Å². The molecule has 0 radical (unpaired) electrons. The summed E-state index contributed by atoms with van der Waals surface area (Å²) in [6, 6.07) is 4.70. The van der Waals surface area contributed by atoms with Gasteiger partial charge >= 0.3 is 0 Å². The van der Waals surface area contributed by atoms with Crippen LogP contribution >= 0.6 is 15.9 Å². The topological polar surface area (TPSA) is 20.3 Å². The molecule has 1 saturated heterocycles. The minimum absolute atomic E-state index is 0.0204. The number of rotatable bonds is 1. The van der Waals surface area contributed by atoms with E-state index < -0.39 is 0 Å². The van der Waals surface area contributed by atoms with Gasteiger partial charge in [0.05, 0.1) is 5.56 Å². The van der Waals surface area contributed by atoms with Gasteiger partial charge in [-0.15, -0.1) is 0 Å². The predicted octanol–water partition coefficient (Wildman–Crippen LogP) is 4.38. The van der Waals surface area contributed by atoms with E-state index in [4.69, 9.17) is 0 Å². The number of piperidine rings is 1. The fourth-order valence-corrected chi connectivity index (χ4v) is 4.11. The van der Waals surface area contributed by atoms with Gasteiger partial charge in [0.1, 0.15) is 5.82 Å². The molecule has 0 N–H and O–H groups in total. The first-order valence-electron chi connectivity index (χ1n) is 7.43. The molecule has 20 heavy (non-hydrogen) atoms. The number of likely N-dealkylation sites (tertiary alicyclic amines) is 1. The Morgan fingerprint density at radius 1 is 1.20 bits per heavy atom. The first-order valence-corrected chi connectivity index (χ1v) is 8.22. The van der Waals surface area contributed by atoms with Gasteiger partial charge in [-0.1, -0.05) is 12.8 Å². The van der Waals surface area contributed by atoms with Crippen molar-refractivity contribution in [3.05, 3.63) is 34.1 Å². The third-order valence-corrected chi connectivity index (χ3v) is 5.35. The van der Waals surface area contributed by atoms with Crippen LogP contribution in [0.25, 0.3) is 0 Å². The minimum Gasteiger partial charge on any atom is -0.335 e. The average Bonchev–Trinajstić information content (AvgIpc) is 2.48. The molecule has 1 aromatic carbocycles. The molecule has 0 unspecified atom stereocenters. The Hall–Kier alpha value is -0.900. The largest absolute Gasteiger partial charge is 0.335 e. The summed E-state index contributed by atoms with van der Waals surface area (Å²) in [5.41, 5.74) is 0.455. The molecular formula is C16H19BrFNO. The highest BCUT2D eigenvalue weighted by Crippen LogP contribution is 2.36. The van der Waals surface area contributed by atoms with Gasteiger partial charge in [0.25, 0.3) is 5.91 Å². The summed E-state index contributed by atoms with van der Waals surface area (Å²) >= 11 is 3.37. The molecule has 1 saturated carbocycles. The molecule has 1 aromatic rings. The molecule has 2 nitrogen and oxygen atoms in total. The van der Waals surface area contributed by atoms with Crippen LogP contribution in [0.2, 0.25) is 0 Å². The van der Waals surface area contributed by atoms with Crippen molar-refractivity contribution < 1.29 is 9.18 Å². The second-order valence-electron chi connectivity index (χ2n) is 5.88. The average molecular weight is 340 g/mol. The number of amides is 1. The van der Waals surface area contributed by atoms with Crippen molar-refractivity contribution in [3.63, 3.8) is 0 Å². The van der Waals surface area contributed by atoms with E-state index in [1.807, 2.05) is 4.90 Å². The van der Waals surface area contributed by atoms with E-state index in [1.54, 1.807) is 6.07 Å². The van der Waals surface area contributed by atoms with Crippen LogP contribution in [0.3, 0.4) is 0 Å². The van der Waals surface area contributed by atoms with E-state index >= 15 is 0 Å². The van der Waals surface area contributed by atoms with Crippen molar-refractivity contribution in [1.29, 1.82) is 0 Å². The fraction of sp³-hybridized carbons (Fsp3) is 0.562. The Labute approximate surface area is 127 Å². The lowest BCUT2D eigenvalue weighted by Crippen LogP contribution is -2.49. The standard InChI is InChI=1S/C16H19BrFNO/c17-14-8-7-12(18)10-13(14)16(20)19-9-3-5-11-4-1-2-6-15(11)19/h7-8,10-11,15H,1-6,9H2/t11-,15-/m1/s1. The summed E-state index contributed by atoms with van der Waals surface area (Å²) in [4.78, 5) is 14.7. The summed E-state index contributed by atoms with van der Waals surface area (Å²) in [6.45, 7) is 0.808. The Kier molecular flexibility index (Phi) is 4.11. The van der Waals surface area contributed by atoms with Crippen LogP contribution in [-0.4, -0.2) is 23.4 Å².